The van der Waals surface area contributed by atoms with Gasteiger partial charge in [0, 0.05) is 30.7 Å². The van der Waals surface area contributed by atoms with Crippen molar-refractivity contribution in [3.05, 3.63) is 54.0 Å². The molecule has 2 heterocycles. The second kappa shape index (κ2) is 10.6. The number of furan rings is 1. The van der Waals surface area contributed by atoms with Crippen LogP contribution in [0.25, 0.3) is 11.0 Å². The van der Waals surface area contributed by atoms with Crippen LogP contribution in [-0.4, -0.2) is 47.8 Å². The molecule has 2 aromatic heterocycles. The molecule has 2 unspecified atom stereocenters. The Morgan fingerprint density at radius 1 is 1.31 bits per heavy atom. The summed E-state index contributed by atoms with van der Waals surface area (Å²) in [5.41, 5.74) is 2.05. The molecule has 2 N–H and O–H groups in total. The summed E-state index contributed by atoms with van der Waals surface area (Å²) in [6.07, 6.45) is 3.94. The van der Waals surface area contributed by atoms with Gasteiger partial charge in [-0.15, -0.1) is 24.0 Å². The van der Waals surface area contributed by atoms with Gasteiger partial charge in [0.2, 0.25) is 0 Å². The van der Waals surface area contributed by atoms with Gasteiger partial charge in [-0.05, 0) is 40.1 Å². The number of fused-ring (bicyclic) bond motifs is 1. The lowest BCUT2D eigenvalue weighted by atomic mass is 10.1. The zero-order chi connectivity index (χ0) is 20.1. The molecular formula is C21H31IN6O. The molecule has 1 aromatic carbocycles. The van der Waals surface area contributed by atoms with Crippen LogP contribution < -0.4 is 10.6 Å². The van der Waals surface area contributed by atoms with Crippen LogP contribution in [0.4, 0.5) is 0 Å². The van der Waals surface area contributed by atoms with Gasteiger partial charge >= 0.3 is 0 Å². The molecule has 0 saturated heterocycles. The van der Waals surface area contributed by atoms with Crippen molar-refractivity contribution in [2.24, 2.45) is 12.0 Å². The standard InChI is InChI=1S/C21H30N6O.HI/c1-6-22-21(23-13-18(26(3)4)17-12-24-27(5)14-17)25-15(2)20-11-16-9-7-8-10-19(16)28-20;/h7-12,14-15,18H,6,13H2,1-5H3,(H2,22,23,25);1H. The number of hydrogen-bond donors (Lipinski definition) is 2. The third-order valence-electron chi connectivity index (χ3n) is 4.72. The van der Waals surface area contributed by atoms with Gasteiger partial charge in [-0.3, -0.25) is 9.67 Å². The summed E-state index contributed by atoms with van der Waals surface area (Å²) in [6, 6.07) is 10.3. The molecule has 0 aliphatic heterocycles. The maximum atomic E-state index is 5.98. The third-order valence-corrected chi connectivity index (χ3v) is 4.72. The number of para-hydroxylation sites is 1. The van der Waals surface area contributed by atoms with E-state index in [1.807, 2.05) is 42.3 Å². The number of nitrogens with zero attached hydrogens (tertiary/aromatic N) is 4. The highest BCUT2D eigenvalue weighted by Crippen LogP contribution is 2.23. The average molecular weight is 510 g/mol. The first-order valence-electron chi connectivity index (χ1n) is 9.66. The minimum absolute atomic E-state index is 0. The van der Waals surface area contributed by atoms with Crippen molar-refractivity contribution in [2.45, 2.75) is 25.9 Å². The second-order valence-electron chi connectivity index (χ2n) is 7.20. The lowest BCUT2D eigenvalue weighted by molar-refractivity contribution is 0.306. The number of hydrogen-bond acceptors (Lipinski definition) is 4. The molecule has 7 nitrogen and oxygen atoms in total. The summed E-state index contributed by atoms with van der Waals surface area (Å²) < 4.78 is 7.80. The fourth-order valence-corrected chi connectivity index (χ4v) is 3.17. The van der Waals surface area contributed by atoms with Gasteiger partial charge in [-0.1, -0.05) is 18.2 Å². The fraction of sp³-hybridized carbons (Fsp3) is 0.429. The SMILES string of the molecule is CCNC(=NCC(c1cnn(C)c1)N(C)C)NC(C)c1cc2ccccc2o1.I. The molecule has 0 amide bonds. The number of halogens is 1. The minimum atomic E-state index is 0. The Labute approximate surface area is 189 Å². The zero-order valence-corrected chi connectivity index (χ0v) is 20.0. The van der Waals surface area contributed by atoms with Crippen LogP contribution >= 0.6 is 24.0 Å². The van der Waals surface area contributed by atoms with E-state index in [1.165, 1.54) is 0 Å². The first kappa shape index (κ1) is 23.2. The van der Waals surface area contributed by atoms with E-state index in [0.717, 1.165) is 34.8 Å². The predicted octanol–water partition coefficient (Wildman–Crippen LogP) is 3.70. The Hall–Kier alpha value is -2.07. The van der Waals surface area contributed by atoms with Gasteiger partial charge in [0.05, 0.1) is 24.8 Å². The average Bonchev–Trinajstić information content (AvgIpc) is 3.28. The van der Waals surface area contributed by atoms with Crippen molar-refractivity contribution in [2.75, 3.05) is 27.2 Å². The van der Waals surface area contributed by atoms with Crippen LogP contribution in [0.2, 0.25) is 0 Å². The first-order chi connectivity index (χ1) is 13.5. The van der Waals surface area contributed by atoms with Crippen LogP contribution in [0.1, 0.15) is 37.3 Å². The predicted molar refractivity (Wildman–Crippen MR) is 129 cm³/mol. The molecule has 0 saturated carbocycles. The molecule has 158 valence electrons. The van der Waals surface area contributed by atoms with Crippen molar-refractivity contribution in [3.8, 4) is 0 Å². The Bertz CT molecular complexity index is 899. The zero-order valence-electron chi connectivity index (χ0n) is 17.7. The highest BCUT2D eigenvalue weighted by atomic mass is 127. The van der Waals surface area contributed by atoms with Gasteiger partial charge in [0.25, 0.3) is 0 Å². The maximum Gasteiger partial charge on any atom is 0.191 e. The number of rotatable bonds is 7. The Morgan fingerprint density at radius 2 is 2.07 bits per heavy atom. The molecule has 8 heteroatoms. The molecule has 3 rings (SSSR count). The van der Waals surface area contributed by atoms with Crippen LogP contribution in [-0.2, 0) is 7.05 Å². The van der Waals surface area contributed by atoms with E-state index in [2.05, 4.69) is 60.7 Å². The number of nitrogens with one attached hydrogen (secondary N) is 2. The first-order valence-corrected chi connectivity index (χ1v) is 9.66. The van der Waals surface area contributed by atoms with Crippen molar-refractivity contribution in [3.63, 3.8) is 0 Å². The van der Waals surface area contributed by atoms with E-state index in [9.17, 15) is 0 Å². The Morgan fingerprint density at radius 3 is 2.69 bits per heavy atom. The van der Waals surface area contributed by atoms with Crippen molar-refractivity contribution < 1.29 is 4.42 Å². The second-order valence-corrected chi connectivity index (χ2v) is 7.20. The number of aliphatic imine (C=N–C) groups is 1. The topological polar surface area (TPSA) is 70.6 Å². The number of aryl methyl sites for hydroxylation is 1. The molecule has 0 aliphatic rings. The molecule has 3 aromatic rings. The monoisotopic (exact) mass is 510 g/mol. The van der Waals surface area contributed by atoms with E-state index in [1.54, 1.807) is 0 Å². The molecule has 29 heavy (non-hydrogen) atoms. The molecule has 0 spiro atoms. The summed E-state index contributed by atoms with van der Waals surface area (Å²) in [5, 5.41) is 12.2. The highest BCUT2D eigenvalue weighted by molar-refractivity contribution is 14.0. The smallest absolute Gasteiger partial charge is 0.191 e. The fourth-order valence-electron chi connectivity index (χ4n) is 3.17. The number of guanidine groups is 1. The normalized spacial score (nSPS) is 13.9. The third kappa shape index (κ3) is 5.96. The lowest BCUT2D eigenvalue weighted by Crippen LogP contribution is -2.39. The lowest BCUT2D eigenvalue weighted by Gasteiger charge is -2.22. The minimum Gasteiger partial charge on any atom is -0.459 e. The Kier molecular flexibility index (Phi) is 8.51. The molecule has 0 fully saturated rings. The number of benzene rings is 1. The van der Waals surface area contributed by atoms with E-state index in [0.29, 0.717) is 6.54 Å². The van der Waals surface area contributed by atoms with Crippen LogP contribution in [0, 0.1) is 0 Å². The summed E-state index contributed by atoms with van der Waals surface area (Å²) >= 11 is 0. The van der Waals surface area contributed by atoms with Crippen molar-refractivity contribution in [1.29, 1.82) is 0 Å². The quantitative estimate of drug-likeness (QED) is 0.288. The van der Waals surface area contributed by atoms with Crippen molar-refractivity contribution >= 4 is 40.9 Å². The molecule has 0 bridgehead atoms. The summed E-state index contributed by atoms with van der Waals surface area (Å²) in [5.74, 6) is 1.66. The van der Waals surface area contributed by atoms with E-state index < -0.39 is 0 Å². The van der Waals surface area contributed by atoms with Gasteiger partial charge in [0.1, 0.15) is 11.3 Å². The van der Waals surface area contributed by atoms with Gasteiger partial charge in [0.15, 0.2) is 5.96 Å². The largest absolute Gasteiger partial charge is 0.459 e. The summed E-state index contributed by atoms with van der Waals surface area (Å²) in [7, 11) is 6.05. The summed E-state index contributed by atoms with van der Waals surface area (Å²) in [6.45, 7) is 5.56. The number of likely N-dealkylation sites (N-methyl/N-ethyl adjacent to an activating group) is 1. The van der Waals surface area contributed by atoms with E-state index in [-0.39, 0.29) is 36.1 Å². The summed E-state index contributed by atoms with van der Waals surface area (Å²) in [4.78, 5) is 6.97. The molecular weight excluding hydrogens is 479 g/mol. The van der Waals surface area contributed by atoms with E-state index >= 15 is 0 Å². The molecule has 2 atom stereocenters. The number of aromatic nitrogens is 2. The van der Waals surface area contributed by atoms with Gasteiger partial charge in [-0.25, -0.2) is 0 Å². The molecule has 0 radical (unpaired) electrons. The molecule has 0 aliphatic carbocycles. The van der Waals surface area contributed by atoms with Crippen LogP contribution in [0.5, 0.6) is 0 Å². The van der Waals surface area contributed by atoms with Gasteiger partial charge < -0.3 is 20.0 Å². The highest BCUT2D eigenvalue weighted by Gasteiger charge is 2.17. The Balaban J connectivity index is 0.00000300. The maximum absolute atomic E-state index is 5.98. The van der Waals surface area contributed by atoms with Crippen LogP contribution in [0.15, 0.2) is 52.1 Å². The van der Waals surface area contributed by atoms with Crippen LogP contribution in [0.3, 0.4) is 0 Å². The van der Waals surface area contributed by atoms with E-state index in [4.69, 9.17) is 9.41 Å². The van der Waals surface area contributed by atoms with Gasteiger partial charge in [-0.2, -0.15) is 5.10 Å². The van der Waals surface area contributed by atoms with Crippen molar-refractivity contribution in [1.82, 2.24) is 25.3 Å².